The van der Waals surface area contributed by atoms with Crippen LogP contribution >= 0.6 is 12.4 Å². The van der Waals surface area contributed by atoms with Gasteiger partial charge >= 0.3 is 0 Å². The molecule has 0 spiro atoms. The number of carbonyl (C=O) groups excluding carboxylic acids is 1. The van der Waals surface area contributed by atoms with Crippen LogP contribution in [0.5, 0.6) is 0 Å². The second-order valence-electron chi connectivity index (χ2n) is 6.53. The molecule has 1 fully saturated rings. The first-order chi connectivity index (χ1) is 10.1. The number of carbonyl (C=O) groups is 1. The lowest BCUT2D eigenvalue weighted by Crippen LogP contribution is -2.40. The van der Waals surface area contributed by atoms with E-state index < -0.39 is 0 Å². The van der Waals surface area contributed by atoms with E-state index in [1.165, 1.54) is 12.8 Å². The zero-order valence-corrected chi connectivity index (χ0v) is 14.6. The Morgan fingerprint density at radius 3 is 2.50 bits per heavy atom. The maximum atomic E-state index is 12.8. The topological polar surface area (TPSA) is 46.3 Å². The quantitative estimate of drug-likeness (QED) is 0.910. The van der Waals surface area contributed by atoms with Crippen molar-refractivity contribution >= 4 is 18.3 Å². The number of hydrogen-bond donors (Lipinski definition) is 1. The van der Waals surface area contributed by atoms with Gasteiger partial charge in [0.15, 0.2) is 0 Å². The smallest absolute Gasteiger partial charge is 0.254 e. The zero-order chi connectivity index (χ0) is 15.2. The summed E-state index contributed by atoms with van der Waals surface area (Å²) in [6.07, 6.45) is 5.86. The molecule has 0 radical (unpaired) electrons. The van der Waals surface area contributed by atoms with Crippen molar-refractivity contribution in [2.45, 2.75) is 58.5 Å². The molecule has 0 aromatic heterocycles. The van der Waals surface area contributed by atoms with E-state index in [9.17, 15) is 4.79 Å². The fourth-order valence-corrected chi connectivity index (χ4v) is 3.18. The summed E-state index contributed by atoms with van der Waals surface area (Å²) in [5, 5.41) is 0. The van der Waals surface area contributed by atoms with Gasteiger partial charge in [-0.1, -0.05) is 38.8 Å². The Morgan fingerprint density at radius 2 is 1.91 bits per heavy atom. The third-order valence-electron chi connectivity index (χ3n) is 4.32. The molecule has 2 N–H and O–H groups in total. The molecule has 0 bridgehead atoms. The fourth-order valence-electron chi connectivity index (χ4n) is 3.18. The van der Waals surface area contributed by atoms with E-state index in [1.807, 2.05) is 24.3 Å². The molecule has 3 nitrogen and oxygen atoms in total. The van der Waals surface area contributed by atoms with Gasteiger partial charge in [0.2, 0.25) is 0 Å². The largest absolute Gasteiger partial charge is 0.336 e. The zero-order valence-electron chi connectivity index (χ0n) is 13.8. The highest BCUT2D eigenvalue weighted by molar-refractivity contribution is 5.94. The number of rotatable bonds is 4. The van der Waals surface area contributed by atoms with Crippen LogP contribution in [0.15, 0.2) is 24.3 Å². The predicted octanol–water partition coefficient (Wildman–Crippen LogP) is 4.00. The Hall–Kier alpha value is -1.06. The van der Waals surface area contributed by atoms with Gasteiger partial charge in [-0.25, -0.2) is 0 Å². The van der Waals surface area contributed by atoms with Gasteiger partial charge in [-0.3, -0.25) is 4.79 Å². The molecule has 1 atom stereocenters. The SMILES string of the molecule is CC(C)CC1CCCCCN1C(=O)c1ccc(CN)cc1.Cl. The first kappa shape index (κ1) is 19.0. The van der Waals surface area contributed by atoms with Crippen molar-refractivity contribution in [3.63, 3.8) is 0 Å². The van der Waals surface area contributed by atoms with Crippen molar-refractivity contribution in [2.24, 2.45) is 11.7 Å². The van der Waals surface area contributed by atoms with Crippen LogP contribution < -0.4 is 5.73 Å². The van der Waals surface area contributed by atoms with E-state index in [0.29, 0.717) is 18.5 Å². The van der Waals surface area contributed by atoms with Gasteiger partial charge in [-0.2, -0.15) is 0 Å². The lowest BCUT2D eigenvalue weighted by atomic mass is 9.98. The first-order valence-electron chi connectivity index (χ1n) is 8.21. The number of nitrogens with zero attached hydrogens (tertiary/aromatic N) is 1. The highest BCUT2D eigenvalue weighted by atomic mass is 35.5. The van der Waals surface area contributed by atoms with E-state index >= 15 is 0 Å². The van der Waals surface area contributed by atoms with E-state index in [2.05, 4.69) is 18.7 Å². The number of amides is 1. The molecule has 1 aromatic rings. The summed E-state index contributed by atoms with van der Waals surface area (Å²) in [4.78, 5) is 15.0. The molecule has 0 saturated carbocycles. The summed E-state index contributed by atoms with van der Waals surface area (Å²) >= 11 is 0. The molecule has 1 heterocycles. The Bertz CT molecular complexity index is 459. The van der Waals surface area contributed by atoms with Gasteiger partial charge < -0.3 is 10.6 Å². The molecule has 1 amide bonds. The molecule has 0 aliphatic carbocycles. The molecule has 1 unspecified atom stereocenters. The Morgan fingerprint density at radius 1 is 1.23 bits per heavy atom. The Labute approximate surface area is 140 Å². The minimum Gasteiger partial charge on any atom is -0.336 e. The first-order valence-corrected chi connectivity index (χ1v) is 8.21. The molecule has 1 aromatic carbocycles. The molecule has 124 valence electrons. The second-order valence-corrected chi connectivity index (χ2v) is 6.53. The fraction of sp³-hybridized carbons (Fsp3) is 0.611. The molecule has 1 saturated heterocycles. The lowest BCUT2D eigenvalue weighted by molar-refractivity contribution is 0.0661. The minimum atomic E-state index is 0. The van der Waals surface area contributed by atoms with Crippen molar-refractivity contribution in [1.29, 1.82) is 0 Å². The number of benzene rings is 1. The van der Waals surface area contributed by atoms with Crippen LogP contribution in [0.2, 0.25) is 0 Å². The van der Waals surface area contributed by atoms with Crippen LogP contribution in [-0.4, -0.2) is 23.4 Å². The van der Waals surface area contributed by atoms with E-state index in [0.717, 1.165) is 36.9 Å². The maximum Gasteiger partial charge on any atom is 0.254 e. The molecule has 22 heavy (non-hydrogen) atoms. The summed E-state index contributed by atoms with van der Waals surface area (Å²) in [5.41, 5.74) is 7.49. The van der Waals surface area contributed by atoms with Gasteiger partial charge in [0.1, 0.15) is 0 Å². The summed E-state index contributed by atoms with van der Waals surface area (Å²) in [6, 6.07) is 8.16. The summed E-state index contributed by atoms with van der Waals surface area (Å²) in [7, 11) is 0. The van der Waals surface area contributed by atoms with Gasteiger partial charge in [-0.15, -0.1) is 12.4 Å². The molecular weight excluding hydrogens is 296 g/mol. The van der Waals surface area contributed by atoms with Crippen molar-refractivity contribution < 1.29 is 4.79 Å². The van der Waals surface area contributed by atoms with Crippen LogP contribution in [0.1, 0.15) is 61.9 Å². The minimum absolute atomic E-state index is 0. The van der Waals surface area contributed by atoms with Crippen molar-refractivity contribution in [3.05, 3.63) is 35.4 Å². The van der Waals surface area contributed by atoms with Crippen LogP contribution in [0.3, 0.4) is 0 Å². The van der Waals surface area contributed by atoms with Gasteiger partial charge in [0, 0.05) is 24.7 Å². The highest BCUT2D eigenvalue weighted by Gasteiger charge is 2.26. The van der Waals surface area contributed by atoms with Crippen LogP contribution in [0, 0.1) is 5.92 Å². The lowest BCUT2D eigenvalue weighted by Gasteiger charge is -2.31. The number of hydrogen-bond acceptors (Lipinski definition) is 2. The number of likely N-dealkylation sites (tertiary alicyclic amines) is 1. The Balaban J connectivity index is 0.00000242. The van der Waals surface area contributed by atoms with Gasteiger partial charge in [-0.05, 0) is 42.9 Å². The highest BCUT2D eigenvalue weighted by Crippen LogP contribution is 2.24. The van der Waals surface area contributed by atoms with Crippen molar-refractivity contribution in [2.75, 3.05) is 6.54 Å². The van der Waals surface area contributed by atoms with E-state index in [4.69, 9.17) is 5.73 Å². The van der Waals surface area contributed by atoms with Crippen LogP contribution in [0.4, 0.5) is 0 Å². The standard InChI is InChI=1S/C18H28N2O.ClH/c1-14(2)12-17-6-4-3-5-11-20(17)18(21)16-9-7-15(13-19)8-10-16;/h7-10,14,17H,3-6,11-13,19H2,1-2H3;1H. The Kier molecular flexibility index (Phi) is 7.91. The average molecular weight is 325 g/mol. The van der Waals surface area contributed by atoms with Crippen molar-refractivity contribution in [1.82, 2.24) is 4.90 Å². The summed E-state index contributed by atoms with van der Waals surface area (Å²) in [5.74, 6) is 0.814. The van der Waals surface area contributed by atoms with Crippen molar-refractivity contribution in [3.8, 4) is 0 Å². The van der Waals surface area contributed by atoms with Crippen LogP contribution in [-0.2, 0) is 6.54 Å². The summed E-state index contributed by atoms with van der Waals surface area (Å²) in [6.45, 7) is 5.90. The van der Waals surface area contributed by atoms with E-state index in [1.54, 1.807) is 0 Å². The average Bonchev–Trinajstić information content (AvgIpc) is 2.71. The molecule has 1 aliphatic heterocycles. The molecule has 2 rings (SSSR count). The third kappa shape index (κ3) is 4.99. The van der Waals surface area contributed by atoms with Gasteiger partial charge in [0.25, 0.3) is 5.91 Å². The second kappa shape index (κ2) is 9.16. The van der Waals surface area contributed by atoms with Gasteiger partial charge in [0.05, 0.1) is 0 Å². The number of halogens is 1. The summed E-state index contributed by atoms with van der Waals surface area (Å²) < 4.78 is 0. The normalized spacial score (nSPS) is 18.7. The molecular formula is C18H29ClN2O. The third-order valence-corrected chi connectivity index (χ3v) is 4.32. The predicted molar refractivity (Wildman–Crippen MR) is 94.3 cm³/mol. The monoisotopic (exact) mass is 324 g/mol. The molecule has 1 aliphatic rings. The maximum absolute atomic E-state index is 12.8. The van der Waals surface area contributed by atoms with E-state index in [-0.39, 0.29) is 18.3 Å². The molecule has 4 heteroatoms. The number of nitrogens with two attached hydrogens (primary N) is 1. The van der Waals surface area contributed by atoms with Crippen LogP contribution in [0.25, 0.3) is 0 Å².